The number of nitrogens with zero attached hydrogens (tertiary/aromatic N) is 2. The summed E-state index contributed by atoms with van der Waals surface area (Å²) in [4.78, 5) is 21.0. The minimum absolute atomic E-state index is 0.0827. The monoisotopic (exact) mass is 305 g/mol. The fourth-order valence-electron chi connectivity index (χ4n) is 2.24. The predicted molar refractivity (Wildman–Crippen MR) is 80.5 cm³/mol. The summed E-state index contributed by atoms with van der Waals surface area (Å²) in [6.07, 6.45) is 2.32. The number of rotatable bonds is 7. The van der Waals surface area contributed by atoms with E-state index in [9.17, 15) is 9.18 Å². The lowest BCUT2D eigenvalue weighted by atomic mass is 10.1. The number of carbonyl (C=O) groups excluding carboxylic acids is 1. The van der Waals surface area contributed by atoms with E-state index in [0.717, 1.165) is 17.0 Å². The van der Waals surface area contributed by atoms with Crippen molar-refractivity contribution in [2.75, 3.05) is 13.2 Å². The number of aromatic amines is 1. The van der Waals surface area contributed by atoms with Crippen LogP contribution in [0.3, 0.4) is 0 Å². The molecule has 0 unspecified atom stereocenters. The Morgan fingerprint density at radius 1 is 1.45 bits per heavy atom. The number of halogens is 1. The number of aryl methyl sites for hydroxylation is 2. The molecule has 0 aliphatic carbocycles. The second kappa shape index (κ2) is 7.70. The van der Waals surface area contributed by atoms with Crippen molar-refractivity contribution < 1.29 is 14.3 Å². The van der Waals surface area contributed by atoms with Gasteiger partial charge in [-0.2, -0.15) is 0 Å². The van der Waals surface area contributed by atoms with Gasteiger partial charge in [0.25, 0.3) is 0 Å². The largest absolute Gasteiger partial charge is 0.395 e. The van der Waals surface area contributed by atoms with Crippen molar-refractivity contribution >= 4 is 5.91 Å². The minimum Gasteiger partial charge on any atom is -0.395 e. The Hall–Kier alpha value is -2.21. The molecule has 1 amide bonds. The minimum atomic E-state index is -0.302. The number of aliphatic hydroxyl groups excluding tert-OH is 1. The van der Waals surface area contributed by atoms with Crippen molar-refractivity contribution in [2.45, 2.75) is 26.3 Å². The molecule has 0 saturated heterocycles. The van der Waals surface area contributed by atoms with Crippen LogP contribution in [0.15, 0.2) is 30.6 Å². The summed E-state index contributed by atoms with van der Waals surface area (Å²) in [6.45, 7) is 2.40. The van der Waals surface area contributed by atoms with Gasteiger partial charge in [0.15, 0.2) is 0 Å². The maximum absolute atomic E-state index is 13.1. The molecular formula is C16H20FN3O2. The summed E-state index contributed by atoms with van der Waals surface area (Å²) in [6, 6.07) is 6.24. The van der Waals surface area contributed by atoms with Gasteiger partial charge < -0.3 is 15.0 Å². The van der Waals surface area contributed by atoms with Gasteiger partial charge in [-0.15, -0.1) is 0 Å². The summed E-state index contributed by atoms with van der Waals surface area (Å²) >= 11 is 0. The van der Waals surface area contributed by atoms with Crippen LogP contribution in [0.4, 0.5) is 4.39 Å². The molecule has 0 saturated carbocycles. The van der Waals surface area contributed by atoms with Crippen LogP contribution in [0, 0.1) is 12.7 Å². The van der Waals surface area contributed by atoms with E-state index in [2.05, 4.69) is 9.97 Å². The van der Waals surface area contributed by atoms with Crippen LogP contribution in [-0.4, -0.2) is 39.0 Å². The number of imidazole rings is 1. The second-order valence-corrected chi connectivity index (χ2v) is 5.14. The smallest absolute Gasteiger partial charge is 0.223 e. The topological polar surface area (TPSA) is 69.2 Å². The molecule has 2 N–H and O–H groups in total. The fraction of sp³-hybridized carbons (Fsp3) is 0.375. The van der Waals surface area contributed by atoms with Crippen LogP contribution in [0.25, 0.3) is 0 Å². The summed E-state index contributed by atoms with van der Waals surface area (Å²) in [5, 5.41) is 9.13. The Balaban J connectivity index is 1.96. The van der Waals surface area contributed by atoms with E-state index in [-0.39, 0.29) is 31.3 Å². The Morgan fingerprint density at radius 2 is 2.27 bits per heavy atom. The first-order valence-electron chi connectivity index (χ1n) is 7.22. The highest BCUT2D eigenvalue weighted by atomic mass is 19.1. The molecule has 2 aromatic rings. The summed E-state index contributed by atoms with van der Waals surface area (Å²) in [5.74, 6) is -0.384. The average Bonchev–Trinajstić information content (AvgIpc) is 2.90. The van der Waals surface area contributed by atoms with E-state index in [1.165, 1.54) is 12.1 Å². The standard InChI is InChI=1S/C16H20FN3O2/c1-12-15(19-11-18-12)10-20(7-8-21)16(22)6-5-13-3-2-4-14(17)9-13/h2-4,9,11,21H,5-8,10H2,1H3,(H,18,19). The van der Waals surface area contributed by atoms with Crippen molar-refractivity contribution in [3.63, 3.8) is 0 Å². The lowest BCUT2D eigenvalue weighted by Crippen LogP contribution is -2.33. The zero-order chi connectivity index (χ0) is 15.9. The van der Waals surface area contributed by atoms with Crippen molar-refractivity contribution in [2.24, 2.45) is 0 Å². The molecule has 2 rings (SSSR count). The van der Waals surface area contributed by atoms with Crippen molar-refractivity contribution in [1.29, 1.82) is 0 Å². The van der Waals surface area contributed by atoms with Gasteiger partial charge in [-0.25, -0.2) is 9.37 Å². The molecule has 0 atom stereocenters. The molecule has 0 fully saturated rings. The molecule has 5 nitrogen and oxygen atoms in total. The maximum Gasteiger partial charge on any atom is 0.223 e. The zero-order valence-corrected chi connectivity index (χ0v) is 12.6. The number of benzene rings is 1. The number of amides is 1. The average molecular weight is 305 g/mol. The first-order valence-corrected chi connectivity index (χ1v) is 7.22. The van der Waals surface area contributed by atoms with Gasteiger partial charge in [0.05, 0.1) is 25.2 Å². The molecule has 22 heavy (non-hydrogen) atoms. The number of hydrogen-bond acceptors (Lipinski definition) is 3. The van der Waals surface area contributed by atoms with Crippen molar-refractivity contribution in [1.82, 2.24) is 14.9 Å². The first kappa shape index (κ1) is 16.2. The van der Waals surface area contributed by atoms with Crippen LogP contribution in [-0.2, 0) is 17.8 Å². The SMILES string of the molecule is Cc1[nH]cnc1CN(CCO)C(=O)CCc1cccc(F)c1. The molecule has 0 bridgehead atoms. The molecule has 1 aromatic carbocycles. The highest BCUT2D eigenvalue weighted by Gasteiger charge is 2.15. The number of aromatic nitrogens is 2. The molecule has 0 radical (unpaired) electrons. The Kier molecular flexibility index (Phi) is 5.66. The molecule has 0 aliphatic heterocycles. The van der Waals surface area contributed by atoms with Crippen LogP contribution in [0.5, 0.6) is 0 Å². The molecule has 6 heteroatoms. The van der Waals surface area contributed by atoms with E-state index in [0.29, 0.717) is 13.0 Å². The number of nitrogens with one attached hydrogen (secondary N) is 1. The summed E-state index contributed by atoms with van der Waals surface area (Å²) in [7, 11) is 0. The molecule has 0 spiro atoms. The van der Waals surface area contributed by atoms with E-state index in [4.69, 9.17) is 5.11 Å². The van der Waals surface area contributed by atoms with Crippen molar-refractivity contribution in [3.05, 3.63) is 53.4 Å². The van der Waals surface area contributed by atoms with Crippen LogP contribution in [0.2, 0.25) is 0 Å². The number of aliphatic hydroxyl groups is 1. The first-order chi connectivity index (χ1) is 10.6. The zero-order valence-electron chi connectivity index (χ0n) is 12.6. The van der Waals surface area contributed by atoms with E-state index < -0.39 is 0 Å². The van der Waals surface area contributed by atoms with E-state index in [1.807, 2.05) is 6.92 Å². The van der Waals surface area contributed by atoms with E-state index >= 15 is 0 Å². The third-order valence-corrected chi connectivity index (χ3v) is 3.51. The molecule has 1 heterocycles. The predicted octanol–water partition coefficient (Wildman–Crippen LogP) is 1.81. The maximum atomic E-state index is 13.1. The van der Waals surface area contributed by atoms with Gasteiger partial charge in [-0.3, -0.25) is 4.79 Å². The highest BCUT2D eigenvalue weighted by Crippen LogP contribution is 2.10. The van der Waals surface area contributed by atoms with Gasteiger partial charge in [-0.05, 0) is 31.0 Å². The van der Waals surface area contributed by atoms with Gasteiger partial charge >= 0.3 is 0 Å². The summed E-state index contributed by atoms with van der Waals surface area (Å²) in [5.41, 5.74) is 2.47. The van der Waals surface area contributed by atoms with E-state index in [1.54, 1.807) is 23.4 Å². The van der Waals surface area contributed by atoms with Gasteiger partial charge in [-0.1, -0.05) is 12.1 Å². The normalized spacial score (nSPS) is 10.7. The molecular weight excluding hydrogens is 285 g/mol. The Bertz CT molecular complexity index is 627. The third-order valence-electron chi connectivity index (χ3n) is 3.51. The lowest BCUT2D eigenvalue weighted by molar-refractivity contribution is -0.132. The van der Waals surface area contributed by atoms with Crippen LogP contribution >= 0.6 is 0 Å². The number of H-pyrrole nitrogens is 1. The molecule has 118 valence electrons. The van der Waals surface area contributed by atoms with Gasteiger partial charge in [0.1, 0.15) is 5.82 Å². The number of carbonyl (C=O) groups is 1. The Labute approximate surface area is 128 Å². The second-order valence-electron chi connectivity index (χ2n) is 5.14. The van der Waals surface area contributed by atoms with Gasteiger partial charge in [0, 0.05) is 18.7 Å². The summed E-state index contributed by atoms with van der Waals surface area (Å²) < 4.78 is 13.1. The number of hydrogen-bond donors (Lipinski definition) is 2. The lowest BCUT2D eigenvalue weighted by Gasteiger charge is -2.21. The third kappa shape index (κ3) is 4.39. The van der Waals surface area contributed by atoms with Gasteiger partial charge in [0.2, 0.25) is 5.91 Å². The van der Waals surface area contributed by atoms with Crippen LogP contribution in [0.1, 0.15) is 23.4 Å². The quantitative estimate of drug-likeness (QED) is 0.819. The van der Waals surface area contributed by atoms with Crippen molar-refractivity contribution in [3.8, 4) is 0 Å². The Morgan fingerprint density at radius 3 is 2.91 bits per heavy atom. The highest BCUT2D eigenvalue weighted by molar-refractivity contribution is 5.76. The fourth-order valence-corrected chi connectivity index (χ4v) is 2.24. The molecule has 1 aromatic heterocycles. The molecule has 0 aliphatic rings. The van der Waals surface area contributed by atoms with Crippen LogP contribution < -0.4 is 0 Å².